The quantitative estimate of drug-likeness (QED) is 0.527. The van der Waals surface area contributed by atoms with Gasteiger partial charge >= 0.3 is 0 Å². The van der Waals surface area contributed by atoms with Crippen LogP contribution in [0.1, 0.15) is 52.4 Å². The molecule has 0 spiro atoms. The highest BCUT2D eigenvalue weighted by Gasteiger charge is 2.21. The van der Waals surface area contributed by atoms with Crippen molar-refractivity contribution < 1.29 is 4.74 Å². The summed E-state index contributed by atoms with van der Waals surface area (Å²) in [6.45, 7) is 7.40. The zero-order valence-corrected chi connectivity index (χ0v) is 15.1. The summed E-state index contributed by atoms with van der Waals surface area (Å²) in [7, 11) is 2.18. The molecular formula is C18H30N2OS. The Morgan fingerprint density at radius 1 is 1.32 bits per heavy atom. The van der Waals surface area contributed by atoms with Crippen molar-refractivity contribution in [2.75, 3.05) is 26.7 Å². The second-order valence-electron chi connectivity index (χ2n) is 6.33. The second kappa shape index (κ2) is 9.41. The molecule has 0 aliphatic carbocycles. The van der Waals surface area contributed by atoms with Gasteiger partial charge in [0.1, 0.15) is 0 Å². The summed E-state index contributed by atoms with van der Waals surface area (Å²) in [6.07, 6.45) is 11.8. The molecule has 0 N–H and O–H groups in total. The summed E-state index contributed by atoms with van der Waals surface area (Å²) in [4.78, 5) is 2.37. The average molecular weight is 323 g/mol. The maximum Gasteiger partial charge on any atom is 0.227 e. The minimum Gasteiger partial charge on any atom is -0.477 e. The molecule has 0 fully saturated rings. The fraction of sp³-hybridized carbons (Fsp3) is 0.722. The summed E-state index contributed by atoms with van der Waals surface area (Å²) in [6, 6.07) is 0. The van der Waals surface area contributed by atoms with Gasteiger partial charge in [-0.15, -0.1) is 0 Å². The maximum absolute atomic E-state index is 6.06. The van der Waals surface area contributed by atoms with Crippen molar-refractivity contribution in [3.63, 3.8) is 0 Å². The molecule has 0 saturated carbocycles. The molecule has 0 amide bonds. The number of hydrogen-bond acceptors (Lipinski definition) is 4. The normalized spacial score (nSPS) is 23.4. The first-order valence-corrected chi connectivity index (χ1v) is 9.49. The fourth-order valence-electron chi connectivity index (χ4n) is 2.76. The van der Waals surface area contributed by atoms with Crippen LogP contribution in [0.25, 0.3) is 0 Å². The Balaban J connectivity index is 2.01. The van der Waals surface area contributed by atoms with Crippen LogP contribution in [-0.4, -0.2) is 42.8 Å². The molecule has 0 aromatic heterocycles. The monoisotopic (exact) mass is 322 g/mol. The fourth-order valence-corrected chi connectivity index (χ4v) is 3.37. The number of likely N-dealkylation sites (N-methyl/N-ethyl adjacent to an activating group) is 1. The molecule has 4 heteroatoms. The molecule has 0 saturated heterocycles. The second-order valence-corrected chi connectivity index (χ2v) is 7.53. The van der Waals surface area contributed by atoms with Gasteiger partial charge in [-0.05, 0) is 43.8 Å². The van der Waals surface area contributed by atoms with Crippen molar-refractivity contribution in [1.29, 1.82) is 0 Å². The van der Waals surface area contributed by atoms with Crippen LogP contribution in [-0.2, 0) is 4.74 Å². The number of rotatable bonds is 6. The van der Waals surface area contributed by atoms with E-state index < -0.39 is 0 Å². The van der Waals surface area contributed by atoms with Gasteiger partial charge in [-0.3, -0.25) is 0 Å². The van der Waals surface area contributed by atoms with E-state index in [4.69, 9.17) is 4.74 Å². The summed E-state index contributed by atoms with van der Waals surface area (Å²) >= 11 is 1.65. The highest BCUT2D eigenvalue weighted by molar-refractivity contribution is 7.98. The predicted octanol–water partition coefficient (Wildman–Crippen LogP) is 4.61. The first kappa shape index (κ1) is 17.6. The topological polar surface area (TPSA) is 24.8 Å². The van der Waals surface area contributed by atoms with Gasteiger partial charge < -0.3 is 9.64 Å². The van der Waals surface area contributed by atoms with Crippen LogP contribution < -0.4 is 0 Å². The van der Waals surface area contributed by atoms with Crippen LogP contribution in [0, 0.1) is 0 Å². The van der Waals surface area contributed by atoms with Crippen molar-refractivity contribution in [1.82, 2.24) is 4.90 Å². The molecule has 2 aliphatic rings. The molecule has 0 aromatic rings. The Bertz CT molecular complexity index is 442. The highest BCUT2D eigenvalue weighted by Crippen LogP contribution is 2.28. The lowest BCUT2D eigenvalue weighted by Gasteiger charge is -2.24. The van der Waals surface area contributed by atoms with E-state index in [1.807, 2.05) is 0 Å². The van der Waals surface area contributed by atoms with Gasteiger partial charge in [0.25, 0.3) is 0 Å². The molecule has 3 nitrogen and oxygen atoms in total. The van der Waals surface area contributed by atoms with E-state index in [0.29, 0.717) is 5.25 Å². The molecule has 0 radical (unpaired) electrons. The number of ether oxygens (including phenoxy) is 1. The molecular weight excluding hydrogens is 292 g/mol. The lowest BCUT2D eigenvalue weighted by Crippen LogP contribution is -2.28. The van der Waals surface area contributed by atoms with E-state index in [2.05, 4.69) is 42.3 Å². The molecule has 1 unspecified atom stereocenters. The van der Waals surface area contributed by atoms with E-state index in [-0.39, 0.29) is 0 Å². The van der Waals surface area contributed by atoms with Crippen molar-refractivity contribution in [3.05, 3.63) is 23.3 Å². The molecule has 2 rings (SSSR count). The molecule has 2 aliphatic heterocycles. The maximum atomic E-state index is 6.06. The third kappa shape index (κ3) is 5.47. The predicted molar refractivity (Wildman–Crippen MR) is 97.5 cm³/mol. The lowest BCUT2D eigenvalue weighted by molar-refractivity contribution is 0.293. The van der Waals surface area contributed by atoms with Crippen molar-refractivity contribution in [3.8, 4) is 0 Å². The number of unbranched alkanes of at least 4 members (excludes halogenated alkanes) is 3. The smallest absolute Gasteiger partial charge is 0.227 e. The largest absolute Gasteiger partial charge is 0.477 e. The summed E-state index contributed by atoms with van der Waals surface area (Å²) in [5.74, 6) is 0.854. The SMILES string of the molecule is CCCCCCOC1=NSC(C)CC=C1C1=CCCN(C)C1. The number of hydrogen-bond donors (Lipinski definition) is 0. The van der Waals surface area contributed by atoms with E-state index in [0.717, 1.165) is 44.9 Å². The number of nitrogens with zero attached hydrogens (tertiary/aromatic N) is 2. The van der Waals surface area contributed by atoms with Crippen LogP contribution in [0.2, 0.25) is 0 Å². The summed E-state index contributed by atoms with van der Waals surface area (Å²) in [5, 5.41) is 0.526. The Morgan fingerprint density at radius 2 is 2.18 bits per heavy atom. The van der Waals surface area contributed by atoms with Gasteiger partial charge in [-0.25, -0.2) is 0 Å². The standard InChI is InChI=1S/C18H30N2OS/c1-4-5-6-7-13-21-18-17(11-10-15(2)22-19-18)16-9-8-12-20(3)14-16/h9,11,15H,4-8,10,12-14H2,1-3H3. The molecule has 1 atom stereocenters. The van der Waals surface area contributed by atoms with Gasteiger partial charge in [0.15, 0.2) is 0 Å². The Kier molecular flexibility index (Phi) is 7.53. The number of allylic oxidation sites excluding steroid dienone is 1. The third-order valence-electron chi connectivity index (χ3n) is 4.12. The van der Waals surface area contributed by atoms with E-state index >= 15 is 0 Å². The van der Waals surface area contributed by atoms with Crippen molar-refractivity contribution in [2.45, 2.75) is 57.6 Å². The zero-order chi connectivity index (χ0) is 15.8. The van der Waals surface area contributed by atoms with Crippen molar-refractivity contribution in [2.24, 2.45) is 4.40 Å². The van der Waals surface area contributed by atoms with Crippen LogP contribution in [0.3, 0.4) is 0 Å². The minimum absolute atomic E-state index is 0.526. The lowest BCUT2D eigenvalue weighted by atomic mass is 9.99. The zero-order valence-electron chi connectivity index (χ0n) is 14.3. The summed E-state index contributed by atoms with van der Waals surface area (Å²) in [5.41, 5.74) is 2.62. The van der Waals surface area contributed by atoms with Gasteiger partial charge in [0, 0.05) is 23.9 Å². The molecule has 22 heavy (non-hydrogen) atoms. The Hall–Kier alpha value is -0.740. The summed E-state index contributed by atoms with van der Waals surface area (Å²) < 4.78 is 10.7. The first-order valence-electron chi connectivity index (χ1n) is 8.65. The van der Waals surface area contributed by atoms with Crippen LogP contribution in [0.5, 0.6) is 0 Å². The van der Waals surface area contributed by atoms with E-state index in [9.17, 15) is 0 Å². The molecule has 0 bridgehead atoms. The Morgan fingerprint density at radius 3 is 2.95 bits per heavy atom. The highest BCUT2D eigenvalue weighted by atomic mass is 32.2. The van der Waals surface area contributed by atoms with E-state index in [1.165, 1.54) is 30.4 Å². The van der Waals surface area contributed by atoms with Gasteiger partial charge in [0.05, 0.1) is 6.61 Å². The van der Waals surface area contributed by atoms with Crippen LogP contribution >= 0.6 is 11.9 Å². The van der Waals surface area contributed by atoms with Gasteiger partial charge in [-0.2, -0.15) is 4.40 Å². The van der Waals surface area contributed by atoms with Gasteiger partial charge in [-0.1, -0.05) is 45.3 Å². The van der Waals surface area contributed by atoms with Crippen molar-refractivity contribution >= 4 is 17.8 Å². The van der Waals surface area contributed by atoms with E-state index in [1.54, 1.807) is 11.9 Å². The molecule has 2 heterocycles. The molecule has 124 valence electrons. The van der Waals surface area contributed by atoms with Crippen LogP contribution in [0.4, 0.5) is 0 Å². The van der Waals surface area contributed by atoms with Crippen LogP contribution in [0.15, 0.2) is 27.7 Å². The average Bonchev–Trinajstić information content (AvgIpc) is 2.69. The minimum atomic E-state index is 0.526. The Labute approximate surface area is 140 Å². The first-order chi connectivity index (χ1) is 10.7. The third-order valence-corrected chi connectivity index (χ3v) is 4.95. The van der Waals surface area contributed by atoms with Gasteiger partial charge in [0.2, 0.25) is 5.90 Å². The molecule has 0 aromatic carbocycles.